The number of esters is 1. The molecule has 2 aromatic rings. The molecule has 0 bridgehead atoms. The topological polar surface area (TPSA) is 96.0 Å². The van der Waals surface area contributed by atoms with Crippen molar-refractivity contribution in [2.75, 3.05) is 19.8 Å². The van der Waals surface area contributed by atoms with Gasteiger partial charge in [0.25, 0.3) is 0 Å². The molecule has 0 heterocycles. The number of rotatable bonds is 13. The van der Waals surface area contributed by atoms with Gasteiger partial charge in [0.05, 0.1) is 13.2 Å². The molecule has 0 saturated heterocycles. The minimum absolute atomic E-state index is 0.102. The van der Waals surface area contributed by atoms with Crippen LogP contribution in [0, 0.1) is 12.8 Å². The van der Waals surface area contributed by atoms with Crippen molar-refractivity contribution in [2.45, 2.75) is 44.2 Å². The molecule has 3 atom stereocenters. The number of hydrogen-bond donors (Lipinski definition) is 0. The Bertz CT molecular complexity index is 993. The average molecular weight is 482 g/mol. The van der Waals surface area contributed by atoms with E-state index in [4.69, 9.17) is 13.7 Å². The molecule has 3 unspecified atom stereocenters. The number of hydrogen-bond acceptors (Lipinski definition) is 7. The highest BCUT2D eigenvalue weighted by molar-refractivity contribution is 7.86. The van der Waals surface area contributed by atoms with E-state index in [0.717, 1.165) is 11.1 Å². The SMILES string of the molecule is CCOC(=O)C(CCc1ccccc1)C(COS(=O)(=O)c1ccc(C)cc1OCC)[PH+]=O. The van der Waals surface area contributed by atoms with Crippen molar-refractivity contribution in [2.24, 2.45) is 5.92 Å². The predicted octanol–water partition coefficient (Wildman–Crippen LogP) is 4.30. The normalized spacial score (nSPS) is 13.5. The quantitative estimate of drug-likeness (QED) is 0.239. The van der Waals surface area contributed by atoms with E-state index in [1.807, 2.05) is 37.3 Å². The van der Waals surface area contributed by atoms with Crippen LogP contribution >= 0.6 is 8.46 Å². The van der Waals surface area contributed by atoms with E-state index in [0.29, 0.717) is 19.4 Å². The van der Waals surface area contributed by atoms with Gasteiger partial charge in [-0.3, -0.25) is 8.98 Å². The molecule has 0 amide bonds. The Hall–Kier alpha value is -2.28. The maximum atomic E-state index is 12.8. The van der Waals surface area contributed by atoms with Gasteiger partial charge in [-0.25, -0.2) is 0 Å². The highest BCUT2D eigenvalue weighted by atomic mass is 32.2. The lowest BCUT2D eigenvalue weighted by atomic mass is 9.96. The Morgan fingerprint density at radius 2 is 1.78 bits per heavy atom. The van der Waals surface area contributed by atoms with E-state index in [2.05, 4.69) is 0 Å². The lowest BCUT2D eigenvalue weighted by Gasteiger charge is -2.18. The van der Waals surface area contributed by atoms with Crippen molar-refractivity contribution in [3.05, 3.63) is 59.7 Å². The van der Waals surface area contributed by atoms with Gasteiger partial charge >= 0.3 is 24.5 Å². The monoisotopic (exact) mass is 481 g/mol. The van der Waals surface area contributed by atoms with Gasteiger partial charge in [-0.2, -0.15) is 8.42 Å². The summed E-state index contributed by atoms with van der Waals surface area (Å²) >= 11 is 0. The fourth-order valence-corrected chi connectivity index (χ4v) is 5.04. The first-order valence-corrected chi connectivity index (χ1v) is 12.9. The van der Waals surface area contributed by atoms with Crippen LogP contribution in [0.5, 0.6) is 5.75 Å². The highest BCUT2D eigenvalue weighted by Crippen LogP contribution is 2.30. The third kappa shape index (κ3) is 7.40. The molecule has 7 nitrogen and oxygen atoms in total. The fraction of sp³-hybridized carbons (Fsp3) is 0.435. The Kier molecular flexibility index (Phi) is 10.3. The second-order valence-corrected chi connectivity index (χ2v) is 9.79. The summed E-state index contributed by atoms with van der Waals surface area (Å²) < 4.78 is 53.5. The first kappa shape index (κ1) is 26.0. The van der Waals surface area contributed by atoms with Crippen LogP contribution in [0.15, 0.2) is 53.4 Å². The summed E-state index contributed by atoms with van der Waals surface area (Å²) in [6, 6.07) is 14.2. The van der Waals surface area contributed by atoms with Gasteiger partial charge < -0.3 is 9.47 Å². The van der Waals surface area contributed by atoms with E-state index in [9.17, 15) is 17.8 Å². The molecular formula is C23H30O7PS+. The third-order valence-electron chi connectivity index (χ3n) is 4.88. The van der Waals surface area contributed by atoms with E-state index in [1.165, 1.54) is 6.07 Å². The standard InChI is InChI=1S/C23H29O7PS/c1-4-28-20-15-17(3)11-14-22(20)32(26,27)30-16-21(31-25)19(23(24)29-5-2)13-12-18-9-7-6-8-10-18/h6-11,14-15,19,21H,4-5,12-13,16H2,1-3H3/p+1. The van der Waals surface area contributed by atoms with E-state index < -0.39 is 42.7 Å². The van der Waals surface area contributed by atoms with Crippen LogP contribution in [0.1, 0.15) is 31.4 Å². The molecule has 0 spiro atoms. The Labute approximate surface area is 191 Å². The van der Waals surface area contributed by atoms with Crippen LogP contribution in [0.2, 0.25) is 0 Å². The van der Waals surface area contributed by atoms with Crippen LogP contribution in [0.3, 0.4) is 0 Å². The maximum Gasteiger partial charge on any atom is 0.331 e. The van der Waals surface area contributed by atoms with Crippen LogP contribution in [0.4, 0.5) is 0 Å². The zero-order valence-corrected chi connectivity index (χ0v) is 20.4. The highest BCUT2D eigenvalue weighted by Gasteiger charge is 2.37. The van der Waals surface area contributed by atoms with Crippen LogP contribution in [-0.4, -0.2) is 39.9 Å². The van der Waals surface area contributed by atoms with Gasteiger partial charge in [0.2, 0.25) is 0 Å². The van der Waals surface area contributed by atoms with Crippen molar-refractivity contribution in [1.29, 1.82) is 0 Å². The van der Waals surface area contributed by atoms with E-state index in [-0.39, 0.29) is 17.3 Å². The molecule has 2 aromatic carbocycles. The Morgan fingerprint density at radius 3 is 2.41 bits per heavy atom. The molecule has 0 aliphatic carbocycles. The van der Waals surface area contributed by atoms with Gasteiger partial charge in [0.1, 0.15) is 23.2 Å². The summed E-state index contributed by atoms with van der Waals surface area (Å²) in [5, 5.41) is 0. The number of benzene rings is 2. The number of carbonyl (C=O) groups excluding carboxylic acids is 1. The molecule has 0 aromatic heterocycles. The average Bonchev–Trinajstić information content (AvgIpc) is 2.77. The third-order valence-corrected chi connectivity index (χ3v) is 7.08. The molecule has 32 heavy (non-hydrogen) atoms. The molecule has 2 rings (SSSR count). The molecule has 0 aliphatic rings. The van der Waals surface area contributed by atoms with Gasteiger partial charge in [0.15, 0.2) is 5.66 Å². The molecule has 0 aliphatic heterocycles. The summed E-state index contributed by atoms with van der Waals surface area (Å²) in [7, 11) is -5.12. The summed E-state index contributed by atoms with van der Waals surface area (Å²) in [6.07, 6.45) is 0.922. The Morgan fingerprint density at radius 1 is 1.06 bits per heavy atom. The first-order chi connectivity index (χ1) is 15.3. The van der Waals surface area contributed by atoms with E-state index >= 15 is 0 Å². The Balaban J connectivity index is 2.18. The van der Waals surface area contributed by atoms with Gasteiger partial charge in [0, 0.05) is 0 Å². The molecule has 0 radical (unpaired) electrons. The van der Waals surface area contributed by atoms with Gasteiger partial charge in [-0.05, 0) is 56.9 Å². The number of ether oxygens (including phenoxy) is 2. The van der Waals surface area contributed by atoms with Gasteiger partial charge in [-0.1, -0.05) is 41.0 Å². The lowest BCUT2D eigenvalue weighted by molar-refractivity contribution is -0.148. The maximum absolute atomic E-state index is 12.8. The minimum Gasteiger partial charge on any atom is -0.492 e. The molecule has 0 saturated carbocycles. The van der Waals surface area contributed by atoms with Crippen molar-refractivity contribution in [1.82, 2.24) is 0 Å². The van der Waals surface area contributed by atoms with Crippen LogP contribution in [0.25, 0.3) is 0 Å². The van der Waals surface area contributed by atoms with Crippen LogP contribution < -0.4 is 4.74 Å². The molecular weight excluding hydrogens is 451 g/mol. The van der Waals surface area contributed by atoms with E-state index in [1.54, 1.807) is 26.0 Å². The van der Waals surface area contributed by atoms with Crippen molar-refractivity contribution >= 4 is 24.5 Å². The second-order valence-electron chi connectivity index (χ2n) is 7.23. The summed E-state index contributed by atoms with van der Waals surface area (Å²) in [6.45, 7) is 5.34. The minimum atomic E-state index is -4.19. The lowest BCUT2D eigenvalue weighted by Crippen LogP contribution is -2.31. The van der Waals surface area contributed by atoms with Crippen molar-refractivity contribution in [3.63, 3.8) is 0 Å². The summed E-state index contributed by atoms with van der Waals surface area (Å²) in [4.78, 5) is 12.5. The molecule has 0 fully saturated rings. The van der Waals surface area contributed by atoms with Gasteiger partial charge in [-0.15, -0.1) is 0 Å². The molecule has 9 heteroatoms. The summed E-state index contributed by atoms with van der Waals surface area (Å²) in [5.41, 5.74) is 1.03. The van der Waals surface area contributed by atoms with Crippen molar-refractivity contribution in [3.8, 4) is 5.75 Å². The van der Waals surface area contributed by atoms with Crippen molar-refractivity contribution < 1.29 is 31.4 Å². The summed E-state index contributed by atoms with van der Waals surface area (Å²) in [5.74, 6) is -1.08. The number of aryl methyl sites for hydroxylation is 2. The predicted molar refractivity (Wildman–Crippen MR) is 123 cm³/mol. The zero-order chi connectivity index (χ0) is 23.6. The smallest absolute Gasteiger partial charge is 0.331 e. The molecule has 174 valence electrons. The zero-order valence-electron chi connectivity index (χ0n) is 18.6. The first-order valence-electron chi connectivity index (χ1n) is 10.5. The number of carbonyl (C=O) groups is 1. The molecule has 0 N–H and O–H groups in total. The second kappa shape index (κ2) is 12.7. The fourth-order valence-electron chi connectivity index (χ4n) is 3.25. The van der Waals surface area contributed by atoms with Crippen LogP contribution in [-0.2, 0) is 34.8 Å². The largest absolute Gasteiger partial charge is 0.492 e.